The minimum atomic E-state index is -0.250. The van der Waals surface area contributed by atoms with Crippen LogP contribution in [0, 0.1) is 18.1 Å². The lowest BCUT2D eigenvalue weighted by atomic mass is 9.90. The van der Waals surface area contributed by atoms with Gasteiger partial charge in [0.15, 0.2) is 0 Å². The van der Waals surface area contributed by atoms with E-state index in [2.05, 4.69) is 0 Å². The average molecular weight is 245 g/mol. The third kappa shape index (κ3) is 2.95. The minimum Gasteiger partial charge on any atom is -0.207 e. The van der Waals surface area contributed by atoms with Gasteiger partial charge in [-0.25, -0.2) is 8.78 Å². The maximum absolute atomic E-state index is 13.6. The summed E-state index contributed by atoms with van der Waals surface area (Å²) in [6, 6.07) is 13.1. The third-order valence-corrected chi connectivity index (χ3v) is 3.10. The monoisotopic (exact) mass is 245 g/mol. The van der Waals surface area contributed by atoms with E-state index < -0.39 is 0 Å². The molecule has 0 saturated carbocycles. The topological polar surface area (TPSA) is 0 Å². The van der Waals surface area contributed by atoms with E-state index in [0.717, 1.165) is 5.56 Å². The second-order valence-corrected chi connectivity index (χ2v) is 4.29. The van der Waals surface area contributed by atoms with Crippen LogP contribution < -0.4 is 0 Å². The summed E-state index contributed by atoms with van der Waals surface area (Å²) in [5, 5.41) is 0. The van der Waals surface area contributed by atoms with Crippen LogP contribution >= 0.6 is 0 Å². The molecule has 2 rings (SSSR count). The standard InChI is InChI=1S/C16H15F2/c1-2-12(13-7-9-15(17)10-8-13)11-14-5-3-4-6-16(14)18/h2-10,12H,11H2,1H3. The Morgan fingerprint density at radius 2 is 1.67 bits per heavy atom. The molecule has 1 radical (unpaired) electrons. The molecule has 0 fully saturated rings. The van der Waals surface area contributed by atoms with Crippen LogP contribution in [0.2, 0.25) is 0 Å². The number of rotatable bonds is 4. The Kier molecular flexibility index (Phi) is 4.08. The summed E-state index contributed by atoms with van der Waals surface area (Å²) in [6.45, 7) is 1.94. The van der Waals surface area contributed by atoms with Gasteiger partial charge < -0.3 is 0 Å². The normalized spacial score (nSPS) is 12.4. The first-order chi connectivity index (χ1) is 8.70. The Morgan fingerprint density at radius 1 is 1.00 bits per heavy atom. The molecule has 0 bridgehead atoms. The lowest BCUT2D eigenvalue weighted by Crippen LogP contribution is -2.04. The highest BCUT2D eigenvalue weighted by Crippen LogP contribution is 2.24. The van der Waals surface area contributed by atoms with Crippen LogP contribution in [0.4, 0.5) is 8.78 Å². The SMILES string of the molecule is C[CH]C(Cc1ccccc1F)c1ccc(F)cc1. The molecule has 0 aliphatic heterocycles. The minimum absolute atomic E-state index is 0.0995. The second kappa shape index (κ2) is 5.76. The van der Waals surface area contributed by atoms with Crippen molar-refractivity contribution >= 4 is 0 Å². The van der Waals surface area contributed by atoms with Gasteiger partial charge in [0, 0.05) is 0 Å². The first kappa shape index (κ1) is 12.7. The molecule has 0 aliphatic rings. The van der Waals surface area contributed by atoms with Crippen LogP contribution in [0.5, 0.6) is 0 Å². The maximum Gasteiger partial charge on any atom is 0.126 e. The lowest BCUT2D eigenvalue weighted by molar-refractivity contribution is 0.599. The molecule has 0 spiro atoms. The highest BCUT2D eigenvalue weighted by Gasteiger charge is 2.12. The van der Waals surface area contributed by atoms with E-state index >= 15 is 0 Å². The Hall–Kier alpha value is -1.70. The largest absolute Gasteiger partial charge is 0.207 e. The van der Waals surface area contributed by atoms with Crippen LogP contribution in [0.15, 0.2) is 48.5 Å². The van der Waals surface area contributed by atoms with Crippen molar-refractivity contribution in [3.8, 4) is 0 Å². The van der Waals surface area contributed by atoms with Gasteiger partial charge in [0.25, 0.3) is 0 Å². The van der Waals surface area contributed by atoms with Gasteiger partial charge in [-0.15, -0.1) is 0 Å². The molecule has 2 aromatic carbocycles. The van der Waals surface area contributed by atoms with Gasteiger partial charge in [-0.05, 0) is 48.1 Å². The lowest BCUT2D eigenvalue weighted by Gasteiger charge is -2.15. The molecule has 2 aromatic rings. The predicted molar refractivity (Wildman–Crippen MR) is 69.2 cm³/mol. The summed E-state index contributed by atoms with van der Waals surface area (Å²) in [4.78, 5) is 0. The molecule has 0 nitrogen and oxygen atoms in total. The zero-order chi connectivity index (χ0) is 13.0. The Balaban J connectivity index is 2.20. The van der Waals surface area contributed by atoms with Gasteiger partial charge in [-0.2, -0.15) is 0 Å². The second-order valence-electron chi connectivity index (χ2n) is 4.29. The molecule has 0 saturated heterocycles. The van der Waals surface area contributed by atoms with Crippen molar-refractivity contribution in [1.29, 1.82) is 0 Å². The van der Waals surface area contributed by atoms with Crippen LogP contribution in [-0.2, 0) is 6.42 Å². The van der Waals surface area contributed by atoms with Crippen LogP contribution in [0.25, 0.3) is 0 Å². The van der Waals surface area contributed by atoms with Crippen molar-refractivity contribution in [1.82, 2.24) is 0 Å². The molecule has 0 N–H and O–H groups in total. The Morgan fingerprint density at radius 3 is 2.28 bits per heavy atom. The Bertz CT molecular complexity index is 503. The summed E-state index contributed by atoms with van der Waals surface area (Å²) in [5.74, 6) is -0.339. The van der Waals surface area contributed by atoms with Crippen LogP contribution in [-0.4, -0.2) is 0 Å². The Labute approximate surface area is 106 Å². The summed E-state index contributed by atoms with van der Waals surface area (Å²) in [7, 11) is 0. The van der Waals surface area contributed by atoms with E-state index in [0.29, 0.717) is 12.0 Å². The molecule has 93 valence electrons. The first-order valence-corrected chi connectivity index (χ1v) is 5.99. The molecular formula is C16H15F2. The van der Waals surface area contributed by atoms with E-state index in [9.17, 15) is 8.78 Å². The van der Waals surface area contributed by atoms with Crippen LogP contribution in [0.1, 0.15) is 24.0 Å². The molecular weight excluding hydrogens is 230 g/mol. The van der Waals surface area contributed by atoms with Gasteiger partial charge >= 0.3 is 0 Å². The van der Waals surface area contributed by atoms with Crippen molar-refractivity contribution < 1.29 is 8.78 Å². The third-order valence-electron chi connectivity index (χ3n) is 3.10. The quantitative estimate of drug-likeness (QED) is 0.743. The zero-order valence-electron chi connectivity index (χ0n) is 10.2. The van der Waals surface area contributed by atoms with E-state index in [1.165, 1.54) is 18.2 Å². The fourth-order valence-corrected chi connectivity index (χ4v) is 2.04. The summed E-state index contributed by atoms with van der Waals surface area (Å²) >= 11 is 0. The smallest absolute Gasteiger partial charge is 0.126 e. The summed E-state index contributed by atoms with van der Waals surface area (Å²) in [5.41, 5.74) is 1.69. The molecule has 0 aliphatic carbocycles. The number of hydrogen-bond acceptors (Lipinski definition) is 0. The highest BCUT2D eigenvalue weighted by atomic mass is 19.1. The van der Waals surface area contributed by atoms with E-state index in [4.69, 9.17) is 0 Å². The van der Waals surface area contributed by atoms with Crippen molar-refractivity contribution in [3.05, 3.63) is 77.7 Å². The van der Waals surface area contributed by atoms with Crippen molar-refractivity contribution in [2.24, 2.45) is 0 Å². The molecule has 1 atom stereocenters. The van der Waals surface area contributed by atoms with E-state index in [-0.39, 0.29) is 17.6 Å². The van der Waals surface area contributed by atoms with E-state index in [1.807, 2.05) is 19.4 Å². The van der Waals surface area contributed by atoms with Gasteiger partial charge in [0.2, 0.25) is 0 Å². The summed E-state index contributed by atoms with van der Waals surface area (Å²) < 4.78 is 26.5. The van der Waals surface area contributed by atoms with Gasteiger partial charge in [0.05, 0.1) is 0 Å². The fourth-order valence-electron chi connectivity index (χ4n) is 2.04. The van der Waals surface area contributed by atoms with Crippen LogP contribution in [0.3, 0.4) is 0 Å². The molecule has 1 unspecified atom stereocenters. The summed E-state index contributed by atoms with van der Waals surface area (Å²) in [6.07, 6.45) is 2.61. The van der Waals surface area contributed by atoms with Gasteiger partial charge in [-0.3, -0.25) is 0 Å². The number of hydrogen-bond donors (Lipinski definition) is 0. The molecule has 0 amide bonds. The molecule has 18 heavy (non-hydrogen) atoms. The number of benzene rings is 2. The van der Waals surface area contributed by atoms with Gasteiger partial charge in [-0.1, -0.05) is 37.3 Å². The van der Waals surface area contributed by atoms with Crippen molar-refractivity contribution in [2.75, 3.05) is 0 Å². The first-order valence-electron chi connectivity index (χ1n) is 5.99. The van der Waals surface area contributed by atoms with Crippen molar-refractivity contribution in [3.63, 3.8) is 0 Å². The fraction of sp³-hybridized carbons (Fsp3) is 0.188. The highest BCUT2D eigenvalue weighted by molar-refractivity contribution is 5.27. The van der Waals surface area contributed by atoms with Crippen molar-refractivity contribution in [2.45, 2.75) is 19.3 Å². The van der Waals surface area contributed by atoms with E-state index in [1.54, 1.807) is 24.3 Å². The molecule has 0 aromatic heterocycles. The average Bonchev–Trinajstić information content (AvgIpc) is 2.39. The number of halogens is 2. The maximum atomic E-state index is 13.6. The molecule has 2 heteroatoms. The predicted octanol–water partition coefficient (Wildman–Crippen LogP) is 4.52. The zero-order valence-corrected chi connectivity index (χ0v) is 10.2. The molecule has 0 heterocycles. The van der Waals surface area contributed by atoms with Gasteiger partial charge in [0.1, 0.15) is 11.6 Å².